The van der Waals surface area contributed by atoms with Gasteiger partial charge in [0.2, 0.25) is 0 Å². The maximum atomic E-state index is 9.45. The molecule has 3 aliphatic heterocycles. The van der Waals surface area contributed by atoms with Gasteiger partial charge in [0.15, 0.2) is 8.07 Å². The van der Waals surface area contributed by atoms with Gasteiger partial charge in [0.25, 0.3) is 6.71 Å². The van der Waals surface area contributed by atoms with Crippen molar-refractivity contribution in [2.75, 3.05) is 14.7 Å². The highest BCUT2D eigenvalue weighted by Gasteiger charge is 2.56. The number of anilines is 9. The zero-order valence-electron chi connectivity index (χ0n) is 48.2. The molecular weight excluding hydrogens is 874 g/mol. The molecule has 3 heterocycles. The molecule has 0 fully saturated rings. The van der Waals surface area contributed by atoms with Crippen molar-refractivity contribution in [1.82, 2.24) is 0 Å². The van der Waals surface area contributed by atoms with Crippen LogP contribution in [-0.4, -0.2) is 14.8 Å². The third-order valence-corrected chi connectivity index (χ3v) is 19.3. The van der Waals surface area contributed by atoms with Gasteiger partial charge in [0, 0.05) is 45.3 Å². The summed E-state index contributed by atoms with van der Waals surface area (Å²) >= 11 is 0. The summed E-state index contributed by atoms with van der Waals surface area (Å²) in [5.74, 6) is 0. The number of hydrogen-bond donors (Lipinski definition) is 0. The fourth-order valence-electron chi connectivity index (χ4n) is 11.8. The monoisotopic (exact) mass is 929 g/mol. The van der Waals surface area contributed by atoms with E-state index in [9.17, 15) is 5.48 Å². The minimum Gasteiger partial charge on any atom is -0.311 e. The van der Waals surface area contributed by atoms with Gasteiger partial charge in [-0.2, -0.15) is 0 Å². The highest BCUT2D eigenvalue weighted by Crippen LogP contribution is 2.51. The van der Waals surface area contributed by atoms with E-state index in [1.165, 1.54) is 20.7 Å². The Kier molecular flexibility index (Phi) is 7.51. The quantitative estimate of drug-likeness (QED) is 0.134. The molecule has 0 aromatic heterocycles. The number of hydrogen-bond acceptors (Lipinski definition) is 3. The number of benzene rings is 11. The predicted octanol–water partition coefficient (Wildman–Crippen LogP) is 12.3. The van der Waals surface area contributed by atoms with Crippen molar-refractivity contribution in [2.45, 2.75) is 0 Å². The van der Waals surface area contributed by atoms with Crippen LogP contribution in [0.3, 0.4) is 0 Å². The normalized spacial score (nSPS) is 15.4. The van der Waals surface area contributed by atoms with Gasteiger partial charge in [0.1, 0.15) is 0 Å². The van der Waals surface area contributed by atoms with Crippen LogP contribution < -0.4 is 51.8 Å². The topological polar surface area (TPSA) is 9.72 Å². The molecule has 332 valence electrons. The predicted molar refractivity (Wildman–Crippen MR) is 303 cm³/mol. The van der Waals surface area contributed by atoms with E-state index in [0.29, 0.717) is 22.5 Å². The van der Waals surface area contributed by atoms with E-state index >= 15 is 0 Å². The standard InChI is InChI=1S/C66H46BN3Si/c1-7-25-47(26-8-1)54-37-19-21-39-56(54)69-58-41-23-43-62-65(58)67-64-60(69)45-51(68(49-29-11-3-12-30-49)50-31-13-4-14-32-50)46-61(64)70(57-40-22-20-38-55(57)48-27-9-2-10-28-48)59-42-24-44-63(66(59)67)71(62,52-33-15-5-16-34-52)53-35-17-6-18-36-53/h1-46H/i1D,2D,7D,8D,9D,10D,25D,26D,27D,28D. The molecule has 0 saturated heterocycles. The van der Waals surface area contributed by atoms with Crippen LogP contribution in [0.2, 0.25) is 0 Å². The zero-order chi connectivity index (χ0) is 55.6. The first-order valence-electron chi connectivity index (χ1n) is 28.8. The number of para-hydroxylation sites is 4. The third-order valence-electron chi connectivity index (χ3n) is 14.5. The Morgan fingerprint density at radius 2 is 0.718 bits per heavy atom. The zero-order valence-corrected chi connectivity index (χ0v) is 39.2. The molecule has 5 heteroatoms. The Morgan fingerprint density at radius 1 is 0.338 bits per heavy atom. The first kappa shape index (κ1) is 32.0. The highest BCUT2D eigenvalue weighted by atomic mass is 28.3. The molecule has 3 nitrogen and oxygen atoms in total. The first-order valence-corrected chi connectivity index (χ1v) is 25.8. The average molecular weight is 930 g/mol. The fraction of sp³-hybridized carbons (Fsp3) is 0. The van der Waals surface area contributed by atoms with Crippen LogP contribution in [-0.2, 0) is 0 Å². The molecule has 0 spiro atoms. The summed E-state index contributed by atoms with van der Waals surface area (Å²) in [6.07, 6.45) is 0. The smallest absolute Gasteiger partial charge is 0.251 e. The second-order valence-corrected chi connectivity index (χ2v) is 21.7. The molecule has 0 N–H and O–H groups in total. The Labute approximate surface area is 431 Å². The molecule has 3 aliphatic rings. The molecule has 0 saturated carbocycles. The minimum absolute atomic E-state index is 0.0721. The first-order chi connectivity index (χ1) is 39.4. The Hall–Kier alpha value is -8.90. The summed E-state index contributed by atoms with van der Waals surface area (Å²) in [4.78, 5) is 6.67. The lowest BCUT2D eigenvalue weighted by Gasteiger charge is -2.52. The maximum absolute atomic E-state index is 9.45. The Bertz CT molecular complexity index is 4070. The summed E-state index contributed by atoms with van der Waals surface area (Å²) in [6, 6.07) is 70.5. The van der Waals surface area contributed by atoms with Crippen LogP contribution in [0, 0.1) is 0 Å². The second kappa shape index (κ2) is 16.7. The summed E-state index contributed by atoms with van der Waals surface area (Å²) < 4.78 is 90.8. The lowest BCUT2D eigenvalue weighted by atomic mass is 9.33. The lowest BCUT2D eigenvalue weighted by molar-refractivity contribution is 1.23. The van der Waals surface area contributed by atoms with Crippen molar-refractivity contribution in [3.05, 3.63) is 279 Å². The average Bonchev–Trinajstić information content (AvgIpc) is 3.69. The van der Waals surface area contributed by atoms with Crippen molar-refractivity contribution in [2.24, 2.45) is 0 Å². The van der Waals surface area contributed by atoms with Gasteiger partial charge in [-0.3, -0.25) is 0 Å². The fourth-order valence-corrected chi connectivity index (χ4v) is 17.1. The summed E-state index contributed by atoms with van der Waals surface area (Å²) in [6.45, 7) is -0.398. The number of rotatable bonds is 9. The molecule has 0 radical (unpaired) electrons. The van der Waals surface area contributed by atoms with Gasteiger partial charge < -0.3 is 14.7 Å². The van der Waals surface area contributed by atoms with E-state index in [1.54, 1.807) is 0 Å². The van der Waals surface area contributed by atoms with Gasteiger partial charge in [-0.15, -0.1) is 0 Å². The minimum atomic E-state index is -3.39. The molecule has 11 aromatic rings. The molecular formula is C66H46BN3Si. The Morgan fingerprint density at radius 3 is 1.15 bits per heavy atom. The van der Waals surface area contributed by atoms with Crippen molar-refractivity contribution < 1.29 is 13.7 Å². The van der Waals surface area contributed by atoms with E-state index in [-0.39, 0.29) is 35.3 Å². The molecule has 0 atom stereocenters. The van der Waals surface area contributed by atoms with Crippen molar-refractivity contribution in [3.8, 4) is 22.3 Å². The van der Waals surface area contributed by atoms with Crippen LogP contribution >= 0.6 is 0 Å². The third kappa shape index (κ3) is 6.23. The van der Waals surface area contributed by atoms with Crippen LogP contribution in [0.1, 0.15) is 13.7 Å². The van der Waals surface area contributed by atoms with E-state index < -0.39 is 51.0 Å². The molecule has 0 unspecified atom stereocenters. The molecule has 0 bridgehead atoms. The van der Waals surface area contributed by atoms with E-state index in [2.05, 4.69) is 136 Å². The highest BCUT2D eigenvalue weighted by molar-refractivity contribution is 7.27. The van der Waals surface area contributed by atoms with Crippen molar-refractivity contribution in [3.63, 3.8) is 0 Å². The summed E-state index contributed by atoms with van der Waals surface area (Å²) in [7, 11) is -3.39. The van der Waals surface area contributed by atoms with Crippen LogP contribution in [0.15, 0.2) is 279 Å². The van der Waals surface area contributed by atoms with Crippen molar-refractivity contribution >= 4 is 103 Å². The number of nitrogens with zero attached hydrogens (tertiary/aromatic N) is 3. The second-order valence-electron chi connectivity index (χ2n) is 18.0. The van der Waals surface area contributed by atoms with Gasteiger partial charge in [-0.05, 0) is 109 Å². The summed E-state index contributed by atoms with van der Waals surface area (Å²) in [5.41, 5.74) is 11.1. The molecule has 71 heavy (non-hydrogen) atoms. The van der Waals surface area contributed by atoms with E-state index in [1.807, 2.05) is 97.1 Å². The lowest BCUT2D eigenvalue weighted by Crippen LogP contribution is -2.88. The van der Waals surface area contributed by atoms with Gasteiger partial charge in [0.05, 0.1) is 30.8 Å². The van der Waals surface area contributed by atoms with E-state index in [4.69, 9.17) is 8.22 Å². The van der Waals surface area contributed by atoms with Gasteiger partial charge >= 0.3 is 0 Å². The van der Waals surface area contributed by atoms with Crippen LogP contribution in [0.5, 0.6) is 0 Å². The molecule has 14 rings (SSSR count). The van der Waals surface area contributed by atoms with Gasteiger partial charge in [-0.1, -0.05) is 218 Å². The van der Waals surface area contributed by atoms with Crippen molar-refractivity contribution in [1.29, 1.82) is 0 Å². The van der Waals surface area contributed by atoms with Gasteiger partial charge in [-0.25, -0.2) is 0 Å². The molecule has 0 aliphatic carbocycles. The molecule has 0 amide bonds. The van der Waals surface area contributed by atoms with E-state index in [0.717, 1.165) is 56.2 Å². The maximum Gasteiger partial charge on any atom is 0.251 e. The largest absolute Gasteiger partial charge is 0.311 e. The Balaban J connectivity index is 1.20. The SMILES string of the molecule is [2H]c1c([2H])c([2H])c(-c2ccccc2N2c3cc(N(c4ccccc4)c4ccccc4)cc4c3B3c5c2cccc5[Si](c2ccccc2)(c2ccccc2)c2cccc(c23)N4c2ccccc2-c2c([2H])c([2H])c([2H])c([2H])c2[2H])c([2H])c1[2H]. The molecule has 11 aromatic carbocycles. The van der Waals surface area contributed by atoms with Crippen LogP contribution in [0.4, 0.5) is 51.2 Å². The summed E-state index contributed by atoms with van der Waals surface area (Å²) in [5, 5.41) is 4.70. The van der Waals surface area contributed by atoms with Crippen LogP contribution in [0.25, 0.3) is 22.3 Å².